The standard InChI is InChI=1S/C8H11IN2OS/c1-2-13(10,12)11-8-5-3-4-7(9)6-8/h3-6H,2H2,1H3,(H2,10,11,12). The molecule has 1 aromatic carbocycles. The molecule has 2 N–H and O–H groups in total. The number of hydrogen-bond donors (Lipinski definition) is 2. The first-order chi connectivity index (χ1) is 6.03. The van der Waals surface area contributed by atoms with Crippen molar-refractivity contribution in [3.05, 3.63) is 27.8 Å². The number of anilines is 1. The number of hydrogen-bond acceptors (Lipinski definition) is 2. The summed E-state index contributed by atoms with van der Waals surface area (Å²) in [7, 11) is -2.64. The summed E-state index contributed by atoms with van der Waals surface area (Å²) in [5, 5.41) is 0. The molecule has 0 saturated carbocycles. The van der Waals surface area contributed by atoms with Gasteiger partial charge in [-0.3, -0.25) is 4.72 Å². The van der Waals surface area contributed by atoms with E-state index in [-0.39, 0.29) is 0 Å². The van der Waals surface area contributed by atoms with Crippen molar-refractivity contribution in [3.63, 3.8) is 0 Å². The van der Waals surface area contributed by atoms with Crippen LogP contribution in [0.3, 0.4) is 0 Å². The zero-order valence-corrected chi connectivity index (χ0v) is 10.2. The van der Waals surface area contributed by atoms with Gasteiger partial charge in [0.25, 0.3) is 0 Å². The van der Waals surface area contributed by atoms with Crippen LogP contribution >= 0.6 is 22.6 Å². The van der Waals surface area contributed by atoms with Crippen molar-refractivity contribution in [2.24, 2.45) is 0 Å². The lowest BCUT2D eigenvalue weighted by Crippen LogP contribution is -2.12. The van der Waals surface area contributed by atoms with Crippen molar-refractivity contribution in [2.45, 2.75) is 6.92 Å². The van der Waals surface area contributed by atoms with E-state index < -0.39 is 9.92 Å². The lowest BCUT2D eigenvalue weighted by Gasteiger charge is -2.08. The average Bonchev–Trinajstić information content (AvgIpc) is 2.03. The van der Waals surface area contributed by atoms with Gasteiger partial charge in [-0.25, -0.2) is 8.99 Å². The van der Waals surface area contributed by atoms with Crippen LogP contribution in [-0.2, 0) is 9.92 Å². The lowest BCUT2D eigenvalue weighted by molar-refractivity contribution is 0.679. The Morgan fingerprint density at radius 1 is 1.62 bits per heavy atom. The highest BCUT2D eigenvalue weighted by Crippen LogP contribution is 2.13. The molecule has 0 bridgehead atoms. The van der Waals surface area contributed by atoms with Gasteiger partial charge in [0.2, 0.25) is 0 Å². The van der Waals surface area contributed by atoms with Gasteiger partial charge in [0.1, 0.15) is 9.92 Å². The van der Waals surface area contributed by atoms with Crippen molar-refractivity contribution < 1.29 is 4.21 Å². The third-order valence-electron chi connectivity index (χ3n) is 1.51. The Bertz CT molecular complexity index is 389. The maximum absolute atomic E-state index is 11.4. The quantitative estimate of drug-likeness (QED) is 0.829. The predicted octanol–water partition coefficient (Wildman–Crippen LogP) is 2.68. The fourth-order valence-electron chi connectivity index (χ4n) is 0.815. The summed E-state index contributed by atoms with van der Waals surface area (Å²) in [6.45, 7) is 1.73. The maximum Gasteiger partial charge on any atom is 0.126 e. The molecule has 5 heteroatoms. The SMILES string of the molecule is CCS(=N)(=O)Nc1cccc(I)c1. The van der Waals surface area contributed by atoms with Crippen LogP contribution in [0.4, 0.5) is 5.69 Å². The fraction of sp³-hybridized carbons (Fsp3) is 0.250. The molecule has 0 spiro atoms. The Morgan fingerprint density at radius 3 is 2.85 bits per heavy atom. The second kappa shape index (κ2) is 4.28. The molecule has 0 aliphatic rings. The summed E-state index contributed by atoms with van der Waals surface area (Å²) in [6, 6.07) is 7.50. The summed E-state index contributed by atoms with van der Waals surface area (Å²) in [4.78, 5) is 0. The largest absolute Gasteiger partial charge is 0.299 e. The molecule has 0 fully saturated rings. The predicted molar refractivity (Wildman–Crippen MR) is 64.2 cm³/mol. The van der Waals surface area contributed by atoms with Gasteiger partial charge in [-0.2, -0.15) is 0 Å². The summed E-state index contributed by atoms with van der Waals surface area (Å²) in [6.07, 6.45) is 0. The molecular formula is C8H11IN2OS. The van der Waals surface area contributed by atoms with Crippen LogP contribution in [0.25, 0.3) is 0 Å². The van der Waals surface area contributed by atoms with E-state index in [4.69, 9.17) is 4.78 Å². The Balaban J connectivity index is 2.87. The number of nitrogens with one attached hydrogen (secondary N) is 2. The second-order valence-electron chi connectivity index (χ2n) is 2.58. The maximum atomic E-state index is 11.4. The van der Waals surface area contributed by atoms with Crippen LogP contribution in [0.2, 0.25) is 0 Å². The minimum atomic E-state index is -2.64. The minimum absolute atomic E-state index is 0.318. The molecule has 72 valence electrons. The van der Waals surface area contributed by atoms with Gasteiger partial charge in [-0.1, -0.05) is 13.0 Å². The Labute approximate surface area is 92.2 Å². The van der Waals surface area contributed by atoms with Gasteiger partial charge in [0.05, 0.1) is 0 Å². The zero-order chi connectivity index (χ0) is 9.90. The second-order valence-corrected chi connectivity index (χ2v) is 5.95. The van der Waals surface area contributed by atoms with E-state index in [9.17, 15) is 4.21 Å². The van der Waals surface area contributed by atoms with Gasteiger partial charge >= 0.3 is 0 Å². The van der Waals surface area contributed by atoms with E-state index >= 15 is 0 Å². The van der Waals surface area contributed by atoms with Crippen molar-refractivity contribution in [2.75, 3.05) is 10.5 Å². The van der Waals surface area contributed by atoms with Gasteiger partial charge in [0, 0.05) is 15.0 Å². The molecule has 1 rings (SSSR count). The van der Waals surface area contributed by atoms with Crippen molar-refractivity contribution in [1.29, 1.82) is 4.78 Å². The third kappa shape index (κ3) is 3.51. The normalized spacial score (nSPS) is 14.9. The first-order valence-corrected chi connectivity index (χ1v) is 6.64. The molecule has 0 amide bonds. The van der Waals surface area contributed by atoms with Crippen molar-refractivity contribution in [3.8, 4) is 0 Å². The zero-order valence-electron chi connectivity index (χ0n) is 7.21. The first kappa shape index (κ1) is 10.8. The van der Waals surface area contributed by atoms with E-state index in [0.717, 1.165) is 9.26 Å². The van der Waals surface area contributed by atoms with E-state index in [2.05, 4.69) is 27.3 Å². The molecule has 0 aliphatic heterocycles. The van der Waals surface area contributed by atoms with Crippen LogP contribution in [0.5, 0.6) is 0 Å². The average molecular weight is 310 g/mol. The monoisotopic (exact) mass is 310 g/mol. The Kier molecular flexibility index (Phi) is 3.55. The molecule has 1 atom stereocenters. The molecule has 1 unspecified atom stereocenters. The molecule has 0 saturated heterocycles. The van der Waals surface area contributed by atoms with Gasteiger partial charge < -0.3 is 0 Å². The highest BCUT2D eigenvalue weighted by molar-refractivity contribution is 14.1. The number of halogens is 1. The number of rotatable bonds is 3. The summed E-state index contributed by atoms with van der Waals surface area (Å²) < 4.78 is 22.5. The molecule has 3 nitrogen and oxygen atoms in total. The van der Waals surface area contributed by atoms with Gasteiger partial charge in [-0.05, 0) is 40.8 Å². The van der Waals surface area contributed by atoms with E-state index in [1.54, 1.807) is 6.92 Å². The Morgan fingerprint density at radius 2 is 2.31 bits per heavy atom. The molecule has 0 aromatic heterocycles. The molecule has 13 heavy (non-hydrogen) atoms. The first-order valence-electron chi connectivity index (χ1n) is 3.83. The molecule has 0 aliphatic carbocycles. The van der Waals surface area contributed by atoms with Crippen LogP contribution in [0, 0.1) is 8.35 Å². The van der Waals surface area contributed by atoms with Crippen molar-refractivity contribution >= 4 is 38.2 Å². The molecule has 1 aromatic rings. The molecule has 0 radical (unpaired) electrons. The minimum Gasteiger partial charge on any atom is -0.299 e. The van der Waals surface area contributed by atoms with Gasteiger partial charge in [0.15, 0.2) is 0 Å². The van der Waals surface area contributed by atoms with Crippen LogP contribution < -0.4 is 4.72 Å². The summed E-state index contributed by atoms with van der Waals surface area (Å²) in [5.41, 5.74) is 0.744. The van der Waals surface area contributed by atoms with E-state index in [0.29, 0.717) is 5.75 Å². The van der Waals surface area contributed by atoms with E-state index in [1.165, 1.54) is 0 Å². The van der Waals surface area contributed by atoms with Gasteiger partial charge in [-0.15, -0.1) is 0 Å². The number of benzene rings is 1. The molecular weight excluding hydrogens is 299 g/mol. The Hall–Kier alpha value is -0.300. The smallest absolute Gasteiger partial charge is 0.126 e. The molecule has 0 heterocycles. The van der Waals surface area contributed by atoms with Crippen molar-refractivity contribution in [1.82, 2.24) is 0 Å². The highest BCUT2D eigenvalue weighted by atomic mass is 127. The third-order valence-corrected chi connectivity index (χ3v) is 3.56. The lowest BCUT2D eigenvalue weighted by atomic mass is 10.3. The highest BCUT2D eigenvalue weighted by Gasteiger charge is 2.01. The summed E-state index contributed by atoms with van der Waals surface area (Å²) in [5.74, 6) is 0.318. The topological polar surface area (TPSA) is 53.0 Å². The van der Waals surface area contributed by atoms with Crippen LogP contribution in [0.1, 0.15) is 6.92 Å². The fourth-order valence-corrected chi connectivity index (χ4v) is 2.01. The van der Waals surface area contributed by atoms with Crippen LogP contribution in [-0.4, -0.2) is 9.96 Å². The summed E-state index contributed by atoms with van der Waals surface area (Å²) >= 11 is 2.18. The van der Waals surface area contributed by atoms with E-state index in [1.807, 2.05) is 24.3 Å². The van der Waals surface area contributed by atoms with Crippen LogP contribution in [0.15, 0.2) is 24.3 Å².